The molecule has 2 heteroatoms. The summed E-state index contributed by atoms with van der Waals surface area (Å²) in [6.45, 7) is 11.5. The van der Waals surface area contributed by atoms with E-state index in [9.17, 15) is 0 Å². The van der Waals surface area contributed by atoms with Crippen LogP contribution in [0.5, 0.6) is 0 Å². The third-order valence-corrected chi connectivity index (χ3v) is 5.58. The summed E-state index contributed by atoms with van der Waals surface area (Å²) in [5.74, 6) is 0.921. The third-order valence-electron chi connectivity index (χ3n) is 5.58. The maximum Gasteiger partial charge on any atom is 0.0361 e. The van der Waals surface area contributed by atoms with E-state index >= 15 is 0 Å². The highest BCUT2D eigenvalue weighted by molar-refractivity contribution is 5.07. The molecule has 0 bridgehead atoms. The van der Waals surface area contributed by atoms with Crippen molar-refractivity contribution in [2.45, 2.75) is 78.9 Å². The number of hydrogen-bond acceptors (Lipinski definition) is 1. The first-order valence-electron chi connectivity index (χ1n) is 8.44. The molecule has 0 radical (unpaired) electrons. The second kappa shape index (κ2) is 6.80. The predicted octanol–water partition coefficient (Wildman–Crippen LogP) is 4.59. The second-order valence-electron chi connectivity index (χ2n) is 7.06. The van der Waals surface area contributed by atoms with Gasteiger partial charge in [-0.25, -0.2) is 0 Å². The van der Waals surface area contributed by atoms with E-state index in [0.29, 0.717) is 5.41 Å². The van der Waals surface area contributed by atoms with E-state index in [-0.39, 0.29) is 0 Å². The topological polar surface area (TPSA) is 17.0 Å². The molecular weight excluding hydrogens is 244 g/mol. The molecule has 1 aliphatic rings. The van der Waals surface area contributed by atoms with E-state index in [1.807, 2.05) is 0 Å². The lowest BCUT2D eigenvalue weighted by Crippen LogP contribution is -2.36. The minimum absolute atomic E-state index is 0.530. The third kappa shape index (κ3) is 3.66. The lowest BCUT2D eigenvalue weighted by molar-refractivity contribution is 0.136. The van der Waals surface area contributed by atoms with Gasteiger partial charge in [0.1, 0.15) is 0 Å². The Morgan fingerprint density at radius 3 is 2.50 bits per heavy atom. The summed E-state index contributed by atoms with van der Waals surface area (Å²) in [6.07, 6.45) is 8.97. The van der Waals surface area contributed by atoms with Crippen molar-refractivity contribution in [2.75, 3.05) is 0 Å². The van der Waals surface area contributed by atoms with Gasteiger partial charge in [0.05, 0.1) is 0 Å². The number of hydrogen-bond donors (Lipinski definition) is 1. The largest absolute Gasteiger partial charge is 0.351 e. The van der Waals surface area contributed by atoms with Crippen molar-refractivity contribution in [3.63, 3.8) is 0 Å². The molecule has 114 valence electrons. The molecule has 2 nitrogen and oxygen atoms in total. The Hall–Kier alpha value is -0.760. The van der Waals surface area contributed by atoms with Gasteiger partial charge in [0, 0.05) is 31.0 Å². The average molecular weight is 276 g/mol. The van der Waals surface area contributed by atoms with Crippen LogP contribution in [0.15, 0.2) is 18.3 Å². The zero-order valence-electron chi connectivity index (χ0n) is 13.8. The van der Waals surface area contributed by atoms with E-state index in [1.54, 1.807) is 0 Å². The van der Waals surface area contributed by atoms with Crippen LogP contribution in [-0.2, 0) is 13.1 Å². The molecule has 0 amide bonds. The molecule has 1 aliphatic carbocycles. The lowest BCUT2D eigenvalue weighted by Gasteiger charge is -2.39. The highest BCUT2D eigenvalue weighted by Crippen LogP contribution is 2.40. The monoisotopic (exact) mass is 276 g/mol. The van der Waals surface area contributed by atoms with Gasteiger partial charge in [0.15, 0.2) is 0 Å². The number of aromatic nitrogens is 1. The van der Waals surface area contributed by atoms with Gasteiger partial charge in [-0.05, 0) is 56.1 Å². The average Bonchev–Trinajstić information content (AvgIpc) is 2.93. The minimum atomic E-state index is 0.530. The first-order valence-corrected chi connectivity index (χ1v) is 8.44. The molecule has 1 fully saturated rings. The van der Waals surface area contributed by atoms with Crippen LogP contribution in [0.2, 0.25) is 0 Å². The van der Waals surface area contributed by atoms with Crippen LogP contribution < -0.4 is 5.32 Å². The molecule has 0 spiro atoms. The summed E-state index contributed by atoms with van der Waals surface area (Å²) in [4.78, 5) is 0. The summed E-state index contributed by atoms with van der Waals surface area (Å²) < 4.78 is 2.33. The molecule has 1 aromatic rings. The van der Waals surface area contributed by atoms with Crippen LogP contribution in [-0.4, -0.2) is 10.6 Å². The summed E-state index contributed by atoms with van der Waals surface area (Å²) in [6, 6.07) is 5.11. The van der Waals surface area contributed by atoms with E-state index in [2.05, 4.69) is 55.9 Å². The van der Waals surface area contributed by atoms with Crippen molar-refractivity contribution < 1.29 is 0 Å². The highest BCUT2D eigenvalue weighted by atomic mass is 15.0. The van der Waals surface area contributed by atoms with E-state index in [4.69, 9.17) is 0 Å². The Morgan fingerprint density at radius 1 is 1.20 bits per heavy atom. The molecular formula is C18H32N2. The minimum Gasteiger partial charge on any atom is -0.351 e. The molecule has 0 saturated heterocycles. The van der Waals surface area contributed by atoms with E-state index in [1.165, 1.54) is 37.8 Å². The smallest absolute Gasteiger partial charge is 0.0361 e. The number of nitrogens with zero attached hydrogens (tertiary/aromatic N) is 1. The van der Waals surface area contributed by atoms with Crippen LogP contribution in [0.3, 0.4) is 0 Å². The van der Waals surface area contributed by atoms with Crippen molar-refractivity contribution in [1.82, 2.24) is 9.88 Å². The molecule has 0 atom stereocenters. The maximum atomic E-state index is 3.77. The van der Waals surface area contributed by atoms with E-state index < -0.39 is 0 Å². The summed E-state index contributed by atoms with van der Waals surface area (Å²) in [5.41, 5.74) is 1.95. The van der Waals surface area contributed by atoms with Crippen LogP contribution in [0.25, 0.3) is 0 Å². The van der Waals surface area contributed by atoms with Gasteiger partial charge in [0.25, 0.3) is 0 Å². The van der Waals surface area contributed by atoms with Gasteiger partial charge in [0.2, 0.25) is 0 Å². The van der Waals surface area contributed by atoms with Gasteiger partial charge in [-0.2, -0.15) is 0 Å². The quantitative estimate of drug-likeness (QED) is 0.804. The van der Waals surface area contributed by atoms with Crippen molar-refractivity contribution in [3.05, 3.63) is 24.0 Å². The molecule has 1 heterocycles. The van der Waals surface area contributed by atoms with Gasteiger partial charge in [-0.1, -0.05) is 27.2 Å². The molecule has 20 heavy (non-hydrogen) atoms. The molecule has 1 aromatic heterocycles. The van der Waals surface area contributed by atoms with Gasteiger partial charge < -0.3 is 9.88 Å². The Kier molecular flexibility index (Phi) is 5.31. The first-order chi connectivity index (χ1) is 9.56. The summed E-state index contributed by atoms with van der Waals surface area (Å²) in [5, 5.41) is 3.77. The van der Waals surface area contributed by atoms with E-state index in [0.717, 1.165) is 25.0 Å². The zero-order valence-corrected chi connectivity index (χ0v) is 13.8. The van der Waals surface area contributed by atoms with Crippen molar-refractivity contribution in [1.29, 1.82) is 0 Å². The fourth-order valence-corrected chi connectivity index (χ4v) is 3.54. The fourth-order valence-electron chi connectivity index (χ4n) is 3.54. The van der Waals surface area contributed by atoms with Gasteiger partial charge in [-0.3, -0.25) is 0 Å². The van der Waals surface area contributed by atoms with Crippen LogP contribution in [0, 0.1) is 11.3 Å². The van der Waals surface area contributed by atoms with Crippen LogP contribution >= 0.6 is 0 Å². The predicted molar refractivity (Wildman–Crippen MR) is 86.8 cm³/mol. The standard InChI is InChI=1S/C18H32N2/c1-5-18(3,4)15-9-11-16(12-10-15)19-14-17-8-7-13-20(17)6-2/h7-8,13,15-16,19H,5-6,9-12,14H2,1-4H3. The maximum absolute atomic E-state index is 3.77. The summed E-state index contributed by atoms with van der Waals surface area (Å²) in [7, 11) is 0. The van der Waals surface area contributed by atoms with Gasteiger partial charge >= 0.3 is 0 Å². The Balaban J connectivity index is 1.78. The number of nitrogens with one attached hydrogen (secondary N) is 1. The van der Waals surface area contributed by atoms with Crippen LogP contribution in [0.1, 0.15) is 65.5 Å². The molecule has 0 aromatic carbocycles. The lowest BCUT2D eigenvalue weighted by atomic mass is 9.69. The Labute approximate surface area is 125 Å². The molecule has 1 N–H and O–H groups in total. The SMILES string of the molecule is CCn1cccc1CNC1CCC(C(C)(C)CC)CC1. The first kappa shape index (κ1) is 15.6. The fraction of sp³-hybridized carbons (Fsp3) is 0.778. The Bertz CT molecular complexity index is 397. The van der Waals surface area contributed by atoms with Gasteiger partial charge in [-0.15, -0.1) is 0 Å². The van der Waals surface area contributed by atoms with Crippen LogP contribution in [0.4, 0.5) is 0 Å². The van der Waals surface area contributed by atoms with Crippen molar-refractivity contribution >= 4 is 0 Å². The van der Waals surface area contributed by atoms with Crippen molar-refractivity contribution in [2.24, 2.45) is 11.3 Å². The second-order valence-corrected chi connectivity index (χ2v) is 7.06. The molecule has 2 rings (SSSR count). The number of rotatable bonds is 6. The molecule has 1 saturated carbocycles. The highest BCUT2D eigenvalue weighted by Gasteiger charge is 2.31. The molecule has 0 unspecified atom stereocenters. The normalized spacial score (nSPS) is 24.0. The zero-order chi connectivity index (χ0) is 14.6. The number of aryl methyl sites for hydroxylation is 1. The summed E-state index contributed by atoms with van der Waals surface area (Å²) >= 11 is 0. The molecule has 0 aliphatic heterocycles. The Morgan fingerprint density at radius 2 is 1.90 bits per heavy atom. The van der Waals surface area contributed by atoms with Crippen molar-refractivity contribution in [3.8, 4) is 0 Å².